The summed E-state index contributed by atoms with van der Waals surface area (Å²) in [6.45, 7) is 1.86. The van der Waals surface area contributed by atoms with E-state index in [1.807, 2.05) is 6.92 Å². The van der Waals surface area contributed by atoms with Crippen molar-refractivity contribution in [1.82, 2.24) is 0 Å². The summed E-state index contributed by atoms with van der Waals surface area (Å²) < 4.78 is 40.2. The van der Waals surface area contributed by atoms with Crippen molar-refractivity contribution in [2.24, 2.45) is 0 Å². The molecule has 0 heterocycles. The Hall–Kier alpha value is -1.40. The van der Waals surface area contributed by atoms with Crippen LogP contribution in [-0.4, -0.2) is 8.42 Å². The topological polar surface area (TPSA) is 46.2 Å². The van der Waals surface area contributed by atoms with Gasteiger partial charge in [0.1, 0.15) is 10.7 Å². The zero-order valence-electron chi connectivity index (χ0n) is 10.0. The van der Waals surface area contributed by atoms with Crippen molar-refractivity contribution < 1.29 is 12.8 Å². The van der Waals surface area contributed by atoms with E-state index in [0.29, 0.717) is 4.47 Å². The number of halogens is 2. The van der Waals surface area contributed by atoms with Crippen LogP contribution in [0.2, 0.25) is 0 Å². The molecule has 0 bridgehead atoms. The lowest BCUT2D eigenvalue weighted by Crippen LogP contribution is -2.13. The molecule has 6 heteroatoms. The molecule has 0 radical (unpaired) electrons. The SMILES string of the molecule is Cc1ccc(S(=O)(=O)Nc2cccc(F)c2)c(Br)c1. The highest BCUT2D eigenvalue weighted by atomic mass is 79.9. The molecule has 0 aliphatic rings. The van der Waals surface area contributed by atoms with Gasteiger partial charge in [-0.15, -0.1) is 0 Å². The molecule has 0 aromatic heterocycles. The second-order valence-electron chi connectivity index (χ2n) is 4.05. The number of anilines is 1. The summed E-state index contributed by atoms with van der Waals surface area (Å²) in [5, 5.41) is 0. The molecule has 0 fully saturated rings. The molecular formula is C13H11BrFNO2S. The van der Waals surface area contributed by atoms with Crippen LogP contribution in [0.25, 0.3) is 0 Å². The Morgan fingerprint density at radius 2 is 1.89 bits per heavy atom. The van der Waals surface area contributed by atoms with Crippen molar-refractivity contribution in [3.05, 3.63) is 58.3 Å². The predicted molar refractivity (Wildman–Crippen MR) is 76.1 cm³/mol. The maximum absolute atomic E-state index is 13.0. The Labute approximate surface area is 119 Å². The highest BCUT2D eigenvalue weighted by Gasteiger charge is 2.17. The van der Waals surface area contributed by atoms with Gasteiger partial charge >= 0.3 is 0 Å². The van der Waals surface area contributed by atoms with E-state index in [1.165, 1.54) is 24.3 Å². The van der Waals surface area contributed by atoms with Crippen LogP contribution in [0.1, 0.15) is 5.56 Å². The molecule has 2 aromatic carbocycles. The largest absolute Gasteiger partial charge is 0.279 e. The van der Waals surface area contributed by atoms with Gasteiger partial charge < -0.3 is 0 Å². The van der Waals surface area contributed by atoms with Crippen LogP contribution < -0.4 is 4.72 Å². The van der Waals surface area contributed by atoms with Gasteiger partial charge in [-0.3, -0.25) is 4.72 Å². The zero-order chi connectivity index (χ0) is 14.0. The molecule has 0 saturated carbocycles. The summed E-state index contributed by atoms with van der Waals surface area (Å²) in [6.07, 6.45) is 0. The first-order chi connectivity index (χ1) is 8.88. The van der Waals surface area contributed by atoms with E-state index in [-0.39, 0.29) is 10.6 Å². The third-order valence-electron chi connectivity index (χ3n) is 2.45. The quantitative estimate of drug-likeness (QED) is 0.923. The summed E-state index contributed by atoms with van der Waals surface area (Å²) in [7, 11) is -3.74. The first-order valence-corrected chi connectivity index (χ1v) is 7.71. The summed E-state index contributed by atoms with van der Waals surface area (Å²) in [6, 6.07) is 10.2. The fourth-order valence-electron chi connectivity index (χ4n) is 1.59. The summed E-state index contributed by atoms with van der Waals surface area (Å²) in [5.41, 5.74) is 1.13. The van der Waals surface area contributed by atoms with Gasteiger partial charge in [0, 0.05) is 4.47 Å². The number of rotatable bonds is 3. The van der Waals surface area contributed by atoms with Gasteiger partial charge in [-0.2, -0.15) is 0 Å². The molecule has 0 aliphatic heterocycles. The molecule has 0 aliphatic carbocycles. The minimum absolute atomic E-state index is 0.113. The van der Waals surface area contributed by atoms with E-state index in [2.05, 4.69) is 20.7 Å². The van der Waals surface area contributed by atoms with Crippen LogP contribution in [0, 0.1) is 12.7 Å². The monoisotopic (exact) mass is 343 g/mol. The van der Waals surface area contributed by atoms with Crippen molar-refractivity contribution in [1.29, 1.82) is 0 Å². The third kappa shape index (κ3) is 3.33. The summed E-state index contributed by atoms with van der Waals surface area (Å²) in [4.78, 5) is 0.113. The van der Waals surface area contributed by atoms with Gasteiger partial charge in [0.15, 0.2) is 0 Å². The minimum atomic E-state index is -3.74. The summed E-state index contributed by atoms with van der Waals surface area (Å²) >= 11 is 3.22. The van der Waals surface area contributed by atoms with Gasteiger partial charge in [0.2, 0.25) is 0 Å². The van der Waals surface area contributed by atoms with Crippen LogP contribution in [0.4, 0.5) is 10.1 Å². The van der Waals surface area contributed by atoms with E-state index in [0.717, 1.165) is 11.6 Å². The molecule has 0 saturated heterocycles. The highest BCUT2D eigenvalue weighted by Crippen LogP contribution is 2.25. The summed E-state index contributed by atoms with van der Waals surface area (Å²) in [5.74, 6) is -0.497. The number of sulfonamides is 1. The van der Waals surface area contributed by atoms with E-state index >= 15 is 0 Å². The molecular weight excluding hydrogens is 333 g/mol. The molecule has 3 nitrogen and oxygen atoms in total. The molecule has 100 valence electrons. The van der Waals surface area contributed by atoms with Gasteiger partial charge in [0.05, 0.1) is 5.69 Å². The second kappa shape index (κ2) is 5.30. The number of hydrogen-bond acceptors (Lipinski definition) is 2. The molecule has 2 aromatic rings. The fraction of sp³-hybridized carbons (Fsp3) is 0.0769. The van der Waals surface area contributed by atoms with Crippen molar-refractivity contribution in [3.8, 4) is 0 Å². The standard InChI is InChI=1S/C13H11BrFNO2S/c1-9-5-6-13(12(14)7-9)19(17,18)16-11-4-2-3-10(15)8-11/h2-8,16H,1H3. The van der Waals surface area contributed by atoms with Gasteiger partial charge in [-0.1, -0.05) is 12.1 Å². The fourth-order valence-corrected chi connectivity index (χ4v) is 3.83. The van der Waals surface area contributed by atoms with E-state index in [1.54, 1.807) is 12.1 Å². The molecule has 0 unspecified atom stereocenters. The Morgan fingerprint density at radius 1 is 1.16 bits per heavy atom. The van der Waals surface area contributed by atoms with E-state index < -0.39 is 15.8 Å². The lowest BCUT2D eigenvalue weighted by molar-refractivity contribution is 0.600. The third-order valence-corrected chi connectivity index (χ3v) is 4.81. The van der Waals surface area contributed by atoms with E-state index in [4.69, 9.17) is 0 Å². The first-order valence-electron chi connectivity index (χ1n) is 5.43. The maximum atomic E-state index is 13.0. The van der Waals surface area contributed by atoms with E-state index in [9.17, 15) is 12.8 Å². The van der Waals surface area contributed by atoms with Crippen LogP contribution in [0.15, 0.2) is 51.8 Å². The van der Waals surface area contributed by atoms with Gasteiger partial charge in [-0.25, -0.2) is 12.8 Å². The Morgan fingerprint density at radius 3 is 2.53 bits per heavy atom. The molecule has 2 rings (SSSR count). The van der Waals surface area contributed by atoms with Crippen LogP contribution in [0.3, 0.4) is 0 Å². The Balaban J connectivity index is 2.38. The highest BCUT2D eigenvalue weighted by molar-refractivity contribution is 9.10. The van der Waals surface area contributed by atoms with Gasteiger partial charge in [-0.05, 0) is 58.7 Å². The number of benzene rings is 2. The molecule has 0 spiro atoms. The van der Waals surface area contributed by atoms with Gasteiger partial charge in [0.25, 0.3) is 10.0 Å². The number of aryl methyl sites for hydroxylation is 1. The molecule has 0 atom stereocenters. The van der Waals surface area contributed by atoms with Crippen LogP contribution in [0.5, 0.6) is 0 Å². The average Bonchev–Trinajstić information content (AvgIpc) is 2.27. The second-order valence-corrected chi connectivity index (χ2v) is 6.55. The molecule has 1 N–H and O–H groups in total. The van der Waals surface area contributed by atoms with Crippen molar-refractivity contribution in [3.63, 3.8) is 0 Å². The molecule has 19 heavy (non-hydrogen) atoms. The van der Waals surface area contributed by atoms with Crippen molar-refractivity contribution in [2.45, 2.75) is 11.8 Å². The number of nitrogens with one attached hydrogen (secondary N) is 1. The predicted octanol–water partition coefficient (Wildman–Crippen LogP) is 3.70. The lowest BCUT2D eigenvalue weighted by atomic mass is 10.2. The van der Waals surface area contributed by atoms with Crippen LogP contribution >= 0.6 is 15.9 Å². The maximum Gasteiger partial charge on any atom is 0.263 e. The normalized spacial score (nSPS) is 11.3. The first kappa shape index (κ1) is 14.0. The van der Waals surface area contributed by atoms with Crippen LogP contribution in [-0.2, 0) is 10.0 Å². The Bertz CT molecular complexity index is 716. The van der Waals surface area contributed by atoms with Crippen molar-refractivity contribution >= 4 is 31.6 Å². The minimum Gasteiger partial charge on any atom is -0.279 e. The smallest absolute Gasteiger partial charge is 0.263 e. The Kier molecular flexibility index (Phi) is 3.91. The van der Waals surface area contributed by atoms with Crippen molar-refractivity contribution in [2.75, 3.05) is 4.72 Å². The lowest BCUT2D eigenvalue weighted by Gasteiger charge is -2.10. The molecule has 0 amide bonds. The zero-order valence-corrected chi connectivity index (χ0v) is 12.4. The average molecular weight is 344 g/mol. The number of hydrogen-bond donors (Lipinski definition) is 1.